The van der Waals surface area contributed by atoms with Crippen LogP contribution in [0.3, 0.4) is 0 Å². The Labute approximate surface area is 179 Å². The average Bonchev–Trinajstić information content (AvgIpc) is 3.10. The Bertz CT molecular complexity index is 1020. The van der Waals surface area contributed by atoms with Gasteiger partial charge in [0.25, 0.3) is 0 Å². The highest BCUT2D eigenvalue weighted by atomic mass is 35.5. The minimum Gasteiger partial charge on any atom is -0.356 e. The number of carbonyl (C=O) groups excluding carboxylic acids is 2. The summed E-state index contributed by atoms with van der Waals surface area (Å²) in [6, 6.07) is 23.8. The quantitative estimate of drug-likeness (QED) is 0.543. The molecule has 30 heavy (non-hydrogen) atoms. The lowest BCUT2D eigenvalue weighted by Crippen LogP contribution is -2.39. The van der Waals surface area contributed by atoms with Crippen molar-refractivity contribution in [2.75, 3.05) is 22.1 Å². The summed E-state index contributed by atoms with van der Waals surface area (Å²) >= 11 is 5.91. The van der Waals surface area contributed by atoms with Gasteiger partial charge >= 0.3 is 6.03 Å². The smallest absolute Gasteiger partial charge is 0.319 e. The number of carbonyl (C=O) groups is 2. The predicted molar refractivity (Wildman–Crippen MR) is 121 cm³/mol. The van der Waals surface area contributed by atoms with Gasteiger partial charge in [-0.1, -0.05) is 29.8 Å². The molecule has 3 aromatic rings. The Kier molecular flexibility index (Phi) is 5.86. The molecule has 3 aromatic carbocycles. The Hall–Kier alpha value is -3.51. The van der Waals surface area contributed by atoms with E-state index in [1.54, 1.807) is 29.2 Å². The van der Waals surface area contributed by atoms with Gasteiger partial charge in [0.1, 0.15) is 0 Å². The Morgan fingerprint density at radius 2 is 1.50 bits per heavy atom. The molecule has 1 aliphatic rings. The first kappa shape index (κ1) is 19.8. The molecule has 1 fully saturated rings. The maximum atomic E-state index is 12.4. The maximum Gasteiger partial charge on any atom is 0.319 e. The van der Waals surface area contributed by atoms with Crippen LogP contribution in [0.25, 0.3) is 0 Å². The fourth-order valence-electron chi connectivity index (χ4n) is 3.35. The largest absolute Gasteiger partial charge is 0.356 e. The van der Waals surface area contributed by atoms with Gasteiger partial charge in [0, 0.05) is 40.7 Å². The molecule has 0 aliphatic carbocycles. The number of hydrogen-bond donors (Lipinski definition) is 3. The summed E-state index contributed by atoms with van der Waals surface area (Å²) in [5, 5.41) is 9.59. The number of hydrogen-bond acceptors (Lipinski definition) is 3. The molecular formula is C23H21ClN4O2. The van der Waals surface area contributed by atoms with Crippen LogP contribution in [0.5, 0.6) is 0 Å². The van der Waals surface area contributed by atoms with Crippen LogP contribution in [0.1, 0.15) is 6.42 Å². The maximum absolute atomic E-state index is 12.4. The van der Waals surface area contributed by atoms with Gasteiger partial charge in [0.2, 0.25) is 5.91 Å². The van der Waals surface area contributed by atoms with Gasteiger partial charge in [-0.25, -0.2) is 4.79 Å². The standard InChI is InChI=1S/C23H21ClN4O2/c24-16-6-12-21(13-7-16)28-15-20(14-22(28)29)27-23(30)26-19-10-8-18(9-11-19)25-17-4-2-1-3-5-17/h1-13,20,25H,14-15H2,(H2,26,27,30)/t20-/m0/s1. The van der Waals surface area contributed by atoms with Crippen LogP contribution in [0.4, 0.5) is 27.5 Å². The van der Waals surface area contributed by atoms with Crippen molar-refractivity contribution in [1.82, 2.24) is 5.32 Å². The molecule has 1 saturated heterocycles. The lowest BCUT2D eigenvalue weighted by Gasteiger charge is -2.17. The second kappa shape index (κ2) is 8.88. The SMILES string of the molecule is O=C(Nc1ccc(Nc2ccccc2)cc1)N[C@H]1CC(=O)N(c2ccc(Cl)cc2)C1. The Morgan fingerprint density at radius 1 is 0.867 bits per heavy atom. The number of rotatable bonds is 5. The first-order chi connectivity index (χ1) is 14.6. The van der Waals surface area contributed by atoms with Crippen molar-refractivity contribution in [2.45, 2.75) is 12.5 Å². The third kappa shape index (κ3) is 4.90. The molecule has 1 heterocycles. The van der Waals surface area contributed by atoms with Crippen molar-refractivity contribution < 1.29 is 9.59 Å². The topological polar surface area (TPSA) is 73.5 Å². The molecule has 3 N–H and O–H groups in total. The number of nitrogens with one attached hydrogen (secondary N) is 3. The fraction of sp³-hybridized carbons (Fsp3) is 0.130. The van der Waals surface area contributed by atoms with Gasteiger partial charge in [-0.2, -0.15) is 0 Å². The highest BCUT2D eigenvalue weighted by Crippen LogP contribution is 2.23. The minimum absolute atomic E-state index is 0.0287. The summed E-state index contributed by atoms with van der Waals surface area (Å²) < 4.78 is 0. The van der Waals surface area contributed by atoms with Gasteiger partial charge in [-0.05, 0) is 60.7 Å². The summed E-state index contributed by atoms with van der Waals surface area (Å²) in [7, 11) is 0. The number of halogens is 1. The Morgan fingerprint density at radius 3 is 2.20 bits per heavy atom. The van der Waals surface area contributed by atoms with E-state index in [9.17, 15) is 9.59 Å². The molecule has 0 bridgehead atoms. The number of urea groups is 1. The number of benzene rings is 3. The van der Waals surface area contributed by atoms with Crippen molar-refractivity contribution >= 4 is 46.3 Å². The van der Waals surface area contributed by atoms with E-state index < -0.39 is 0 Å². The molecule has 152 valence electrons. The number of amides is 3. The predicted octanol–water partition coefficient (Wildman–Crippen LogP) is 5.01. The van der Waals surface area contributed by atoms with E-state index in [0.717, 1.165) is 17.1 Å². The molecule has 0 saturated carbocycles. The van der Waals surface area contributed by atoms with Gasteiger partial charge in [-0.15, -0.1) is 0 Å². The van der Waals surface area contributed by atoms with Crippen LogP contribution in [-0.4, -0.2) is 24.5 Å². The number of nitrogens with zero attached hydrogens (tertiary/aromatic N) is 1. The second-order valence-corrected chi connectivity index (χ2v) is 7.49. The zero-order valence-corrected chi connectivity index (χ0v) is 16.9. The first-order valence-electron chi connectivity index (χ1n) is 9.62. The molecule has 3 amide bonds. The van der Waals surface area contributed by atoms with Crippen molar-refractivity contribution in [3.8, 4) is 0 Å². The Balaban J connectivity index is 1.30. The third-order valence-electron chi connectivity index (χ3n) is 4.80. The highest BCUT2D eigenvalue weighted by Gasteiger charge is 2.31. The summed E-state index contributed by atoms with van der Waals surface area (Å²) in [5.41, 5.74) is 3.36. The molecule has 0 radical (unpaired) electrons. The monoisotopic (exact) mass is 420 g/mol. The molecule has 0 unspecified atom stereocenters. The van der Waals surface area contributed by atoms with Crippen LogP contribution >= 0.6 is 11.6 Å². The van der Waals surface area contributed by atoms with Crippen LogP contribution in [0, 0.1) is 0 Å². The van der Waals surface area contributed by atoms with Crippen molar-refractivity contribution in [3.63, 3.8) is 0 Å². The van der Waals surface area contributed by atoms with Gasteiger partial charge in [0.15, 0.2) is 0 Å². The molecule has 6 nitrogen and oxygen atoms in total. The van der Waals surface area contributed by atoms with E-state index in [4.69, 9.17) is 11.6 Å². The van der Waals surface area contributed by atoms with Gasteiger partial charge in [0.05, 0.1) is 6.04 Å². The number of anilines is 4. The van der Waals surface area contributed by atoms with Crippen molar-refractivity contribution in [2.24, 2.45) is 0 Å². The van der Waals surface area contributed by atoms with E-state index >= 15 is 0 Å². The first-order valence-corrected chi connectivity index (χ1v) is 10.0. The lowest BCUT2D eigenvalue weighted by atomic mass is 10.2. The normalized spacial score (nSPS) is 15.7. The zero-order chi connectivity index (χ0) is 20.9. The summed E-state index contributed by atoms with van der Waals surface area (Å²) in [5.74, 6) is -0.0287. The van der Waals surface area contributed by atoms with Crippen LogP contribution < -0.4 is 20.9 Å². The summed E-state index contributed by atoms with van der Waals surface area (Å²) in [4.78, 5) is 26.3. The molecule has 0 aromatic heterocycles. The highest BCUT2D eigenvalue weighted by molar-refractivity contribution is 6.30. The molecule has 1 aliphatic heterocycles. The van der Waals surface area contributed by atoms with Crippen molar-refractivity contribution in [1.29, 1.82) is 0 Å². The van der Waals surface area contributed by atoms with Crippen LogP contribution in [-0.2, 0) is 4.79 Å². The van der Waals surface area contributed by atoms with Crippen LogP contribution in [0.2, 0.25) is 5.02 Å². The van der Waals surface area contributed by atoms with Gasteiger partial charge < -0.3 is 20.9 Å². The second-order valence-electron chi connectivity index (χ2n) is 7.05. The molecular weight excluding hydrogens is 400 g/mol. The lowest BCUT2D eigenvalue weighted by molar-refractivity contribution is -0.117. The molecule has 1 atom stereocenters. The van der Waals surface area contributed by atoms with Crippen molar-refractivity contribution in [3.05, 3.63) is 83.9 Å². The van der Waals surface area contributed by atoms with E-state index in [2.05, 4.69) is 16.0 Å². The zero-order valence-electron chi connectivity index (χ0n) is 16.1. The average molecular weight is 421 g/mol. The van der Waals surface area contributed by atoms with Crippen LogP contribution in [0.15, 0.2) is 78.9 Å². The van der Waals surface area contributed by atoms with Gasteiger partial charge in [-0.3, -0.25) is 4.79 Å². The molecule has 4 rings (SSSR count). The van der Waals surface area contributed by atoms with E-state index in [-0.39, 0.29) is 24.4 Å². The molecule has 7 heteroatoms. The minimum atomic E-state index is -0.338. The third-order valence-corrected chi connectivity index (χ3v) is 5.06. The fourth-order valence-corrected chi connectivity index (χ4v) is 3.48. The number of para-hydroxylation sites is 1. The summed E-state index contributed by atoms with van der Waals surface area (Å²) in [6.45, 7) is 0.424. The van der Waals surface area contributed by atoms with E-state index in [1.165, 1.54) is 0 Å². The summed E-state index contributed by atoms with van der Waals surface area (Å²) in [6.07, 6.45) is 0.260. The molecule has 0 spiro atoms. The van der Waals surface area contributed by atoms with E-state index in [0.29, 0.717) is 17.3 Å². The van der Waals surface area contributed by atoms with E-state index in [1.807, 2.05) is 54.6 Å².